The molecule has 2 aliphatic heterocycles. The third-order valence-electron chi connectivity index (χ3n) is 4.09. The number of benzene rings is 1. The van der Waals surface area contributed by atoms with Crippen LogP contribution in [0.5, 0.6) is 0 Å². The molecule has 0 aromatic heterocycles. The molecule has 0 atom stereocenters. The van der Waals surface area contributed by atoms with Crippen molar-refractivity contribution >= 4 is 5.69 Å². The Morgan fingerprint density at radius 3 is 2.88 bits per heavy atom. The van der Waals surface area contributed by atoms with E-state index in [0.717, 1.165) is 12.5 Å². The molecule has 0 spiro atoms. The van der Waals surface area contributed by atoms with Gasteiger partial charge in [0.1, 0.15) is 0 Å². The summed E-state index contributed by atoms with van der Waals surface area (Å²) in [6, 6.07) is 7.04. The first-order valence-corrected chi connectivity index (χ1v) is 6.98. The van der Waals surface area contributed by atoms with Crippen LogP contribution >= 0.6 is 0 Å². The van der Waals surface area contributed by atoms with Gasteiger partial charge in [0.05, 0.1) is 0 Å². The maximum Gasteiger partial charge on any atom is 0.0372 e. The van der Waals surface area contributed by atoms with Crippen molar-refractivity contribution in [3.8, 4) is 0 Å². The van der Waals surface area contributed by atoms with Crippen LogP contribution in [0.3, 0.4) is 0 Å². The molecular weight excluding hydrogens is 208 g/mol. The first kappa shape index (κ1) is 11.1. The van der Waals surface area contributed by atoms with Gasteiger partial charge < -0.3 is 10.6 Å². The second-order valence-electron chi connectivity index (χ2n) is 5.42. The lowest BCUT2D eigenvalue weighted by atomic mass is 9.89. The summed E-state index contributed by atoms with van der Waals surface area (Å²) in [5.41, 5.74) is 4.44. The van der Waals surface area contributed by atoms with Crippen LogP contribution in [-0.4, -0.2) is 19.6 Å². The number of fused-ring (bicyclic) bond motifs is 1. The van der Waals surface area contributed by atoms with E-state index in [2.05, 4.69) is 28.8 Å². The first-order chi connectivity index (χ1) is 8.42. The summed E-state index contributed by atoms with van der Waals surface area (Å²) in [4.78, 5) is 0. The van der Waals surface area contributed by atoms with Gasteiger partial charge in [0.2, 0.25) is 0 Å². The SMILES string of the molecule is c1cc2c(cc1CC1CCNCC1)CCCN2. The minimum absolute atomic E-state index is 0.894. The maximum atomic E-state index is 3.48. The van der Waals surface area contributed by atoms with Crippen LogP contribution in [0.2, 0.25) is 0 Å². The highest BCUT2D eigenvalue weighted by molar-refractivity contribution is 5.54. The minimum atomic E-state index is 0.894. The number of aryl methyl sites for hydroxylation is 1. The second-order valence-corrected chi connectivity index (χ2v) is 5.42. The Hall–Kier alpha value is -1.02. The number of hydrogen-bond acceptors (Lipinski definition) is 2. The zero-order chi connectivity index (χ0) is 11.5. The average Bonchev–Trinajstić information content (AvgIpc) is 2.40. The van der Waals surface area contributed by atoms with Gasteiger partial charge in [-0.1, -0.05) is 12.1 Å². The van der Waals surface area contributed by atoms with Crippen molar-refractivity contribution in [1.82, 2.24) is 5.32 Å². The molecule has 0 amide bonds. The van der Waals surface area contributed by atoms with Gasteiger partial charge in [-0.25, -0.2) is 0 Å². The van der Waals surface area contributed by atoms with Crippen LogP contribution in [0.15, 0.2) is 18.2 Å². The molecule has 1 aromatic carbocycles. The number of piperidine rings is 1. The van der Waals surface area contributed by atoms with Gasteiger partial charge in [-0.05, 0) is 68.3 Å². The van der Waals surface area contributed by atoms with Crippen LogP contribution in [0.1, 0.15) is 30.4 Å². The largest absolute Gasteiger partial charge is 0.385 e. The number of rotatable bonds is 2. The van der Waals surface area contributed by atoms with E-state index in [0.29, 0.717) is 0 Å². The van der Waals surface area contributed by atoms with Gasteiger partial charge in [0, 0.05) is 12.2 Å². The summed E-state index contributed by atoms with van der Waals surface area (Å²) in [5, 5.41) is 6.92. The fraction of sp³-hybridized carbons (Fsp3) is 0.600. The molecule has 1 saturated heterocycles. The van der Waals surface area contributed by atoms with Crippen molar-refractivity contribution in [3.63, 3.8) is 0 Å². The van der Waals surface area contributed by atoms with Crippen molar-refractivity contribution in [3.05, 3.63) is 29.3 Å². The lowest BCUT2D eigenvalue weighted by Crippen LogP contribution is -2.28. The Morgan fingerprint density at radius 2 is 2.00 bits per heavy atom. The van der Waals surface area contributed by atoms with Gasteiger partial charge in [0.15, 0.2) is 0 Å². The molecule has 2 heteroatoms. The Bertz CT molecular complexity index is 381. The predicted molar refractivity (Wildman–Crippen MR) is 72.6 cm³/mol. The summed E-state index contributed by atoms with van der Waals surface area (Å²) < 4.78 is 0. The number of hydrogen-bond donors (Lipinski definition) is 2. The van der Waals surface area contributed by atoms with Crippen LogP contribution in [0.25, 0.3) is 0 Å². The summed E-state index contributed by atoms with van der Waals surface area (Å²) >= 11 is 0. The Kier molecular flexibility index (Phi) is 3.32. The normalized spacial score (nSPS) is 20.7. The number of nitrogens with one attached hydrogen (secondary N) is 2. The van der Waals surface area contributed by atoms with Crippen LogP contribution < -0.4 is 10.6 Å². The van der Waals surface area contributed by atoms with Crippen LogP contribution in [-0.2, 0) is 12.8 Å². The highest BCUT2D eigenvalue weighted by Crippen LogP contribution is 2.25. The molecule has 0 saturated carbocycles. The molecule has 2 N–H and O–H groups in total. The molecule has 1 fully saturated rings. The highest BCUT2D eigenvalue weighted by Gasteiger charge is 2.15. The lowest BCUT2D eigenvalue weighted by molar-refractivity contribution is 0.372. The Balaban J connectivity index is 1.70. The zero-order valence-corrected chi connectivity index (χ0v) is 10.5. The standard InChI is InChI=1S/C15H22N2/c1-2-14-11-13(3-4-15(14)17-7-1)10-12-5-8-16-9-6-12/h3-4,11-12,16-17H,1-2,5-10H2. The smallest absolute Gasteiger partial charge is 0.0372 e. The van der Waals surface area contributed by atoms with E-state index in [1.807, 2.05) is 0 Å². The van der Waals surface area contributed by atoms with Crippen molar-refractivity contribution in [2.45, 2.75) is 32.1 Å². The van der Waals surface area contributed by atoms with E-state index in [1.165, 1.54) is 56.4 Å². The molecule has 0 radical (unpaired) electrons. The van der Waals surface area contributed by atoms with E-state index in [4.69, 9.17) is 0 Å². The van der Waals surface area contributed by atoms with Crippen molar-refractivity contribution in [1.29, 1.82) is 0 Å². The predicted octanol–water partition coefficient (Wildman–Crippen LogP) is 2.59. The topological polar surface area (TPSA) is 24.1 Å². The van der Waals surface area contributed by atoms with Gasteiger partial charge in [-0.3, -0.25) is 0 Å². The molecule has 1 aromatic rings. The fourth-order valence-electron chi connectivity index (χ4n) is 3.07. The molecule has 2 nitrogen and oxygen atoms in total. The highest BCUT2D eigenvalue weighted by atomic mass is 14.9. The molecule has 17 heavy (non-hydrogen) atoms. The zero-order valence-electron chi connectivity index (χ0n) is 10.5. The van der Waals surface area contributed by atoms with Crippen molar-refractivity contribution in [2.24, 2.45) is 5.92 Å². The van der Waals surface area contributed by atoms with Crippen molar-refractivity contribution < 1.29 is 0 Å². The lowest BCUT2D eigenvalue weighted by Gasteiger charge is -2.24. The molecule has 2 aliphatic rings. The van der Waals surface area contributed by atoms with E-state index in [9.17, 15) is 0 Å². The van der Waals surface area contributed by atoms with Gasteiger partial charge in [0.25, 0.3) is 0 Å². The van der Waals surface area contributed by atoms with Gasteiger partial charge >= 0.3 is 0 Å². The maximum absolute atomic E-state index is 3.48. The molecule has 0 unspecified atom stereocenters. The Morgan fingerprint density at radius 1 is 1.12 bits per heavy atom. The van der Waals surface area contributed by atoms with E-state index in [1.54, 1.807) is 5.56 Å². The molecule has 0 bridgehead atoms. The average molecular weight is 230 g/mol. The second kappa shape index (κ2) is 5.09. The molecule has 92 valence electrons. The summed E-state index contributed by atoms with van der Waals surface area (Å²) in [5.74, 6) is 0.894. The summed E-state index contributed by atoms with van der Waals surface area (Å²) in [6.45, 7) is 3.55. The van der Waals surface area contributed by atoms with Gasteiger partial charge in [-0.2, -0.15) is 0 Å². The first-order valence-electron chi connectivity index (χ1n) is 6.98. The Labute approximate surface area is 104 Å². The fourth-order valence-corrected chi connectivity index (χ4v) is 3.07. The van der Waals surface area contributed by atoms with E-state index in [-0.39, 0.29) is 0 Å². The molecule has 3 rings (SSSR count). The third kappa shape index (κ3) is 2.63. The molecule has 0 aliphatic carbocycles. The minimum Gasteiger partial charge on any atom is -0.385 e. The summed E-state index contributed by atoms with van der Waals surface area (Å²) in [6.07, 6.45) is 6.49. The van der Waals surface area contributed by atoms with Crippen LogP contribution in [0, 0.1) is 5.92 Å². The quantitative estimate of drug-likeness (QED) is 0.816. The monoisotopic (exact) mass is 230 g/mol. The molecular formula is C15H22N2. The summed E-state index contributed by atoms with van der Waals surface area (Å²) in [7, 11) is 0. The number of anilines is 1. The van der Waals surface area contributed by atoms with Crippen molar-refractivity contribution in [2.75, 3.05) is 25.0 Å². The van der Waals surface area contributed by atoms with E-state index < -0.39 is 0 Å². The van der Waals surface area contributed by atoms with E-state index >= 15 is 0 Å². The van der Waals surface area contributed by atoms with Crippen LogP contribution in [0.4, 0.5) is 5.69 Å². The molecule has 2 heterocycles. The third-order valence-corrected chi connectivity index (χ3v) is 4.09. The van der Waals surface area contributed by atoms with Gasteiger partial charge in [-0.15, -0.1) is 0 Å².